The molecule has 2 saturated heterocycles. The van der Waals surface area contributed by atoms with Gasteiger partial charge >= 0.3 is 5.97 Å². The Hall–Kier alpha value is -2.78. The second-order valence-electron chi connectivity index (χ2n) is 17.3. The SMILES string of the molecule is C=CC[C@@H]1/C=C(\C)C[C@H](C)C[C@H](OC)[C@H]2O[C@](O)(C(=O)C(=O)N3CCCC[C@H]3C(=O)O[C@H](/C(C)=C/[C@@H]3CC[C@@H](O)[C@H](OC)C3)[C@H](C)[C@@H](O)CC1=O)[C@H](C)C[C@@H]2OC. The maximum absolute atomic E-state index is 14.3. The zero-order valence-electron chi connectivity index (χ0n) is 35.4. The summed E-state index contributed by atoms with van der Waals surface area (Å²) in [5, 5.41) is 34.1. The predicted molar refractivity (Wildman–Crippen MR) is 213 cm³/mol. The Morgan fingerprint density at radius 1 is 0.930 bits per heavy atom. The van der Waals surface area contributed by atoms with Crippen molar-refractivity contribution in [1.29, 1.82) is 0 Å². The molecular weight excluding hydrogens is 734 g/mol. The lowest BCUT2D eigenvalue weighted by molar-refractivity contribution is -0.302. The van der Waals surface area contributed by atoms with Crippen LogP contribution >= 0.6 is 0 Å². The Balaban J connectivity index is 1.78. The van der Waals surface area contributed by atoms with Gasteiger partial charge in [-0.1, -0.05) is 44.6 Å². The topological polar surface area (TPSA) is 178 Å². The Bertz CT molecular complexity index is 1480. The number of rotatable bonds is 7. The summed E-state index contributed by atoms with van der Waals surface area (Å²) in [6.07, 6.45) is 4.93. The normalized spacial score (nSPS) is 41.0. The number of allylic oxidation sites excluding steroid dienone is 4. The first kappa shape index (κ1) is 46.9. The van der Waals surface area contributed by atoms with E-state index in [1.807, 2.05) is 32.9 Å². The van der Waals surface area contributed by atoms with Gasteiger partial charge in [0.1, 0.15) is 24.0 Å². The lowest BCUT2D eigenvalue weighted by Crippen LogP contribution is -2.64. The zero-order valence-corrected chi connectivity index (χ0v) is 35.4. The van der Waals surface area contributed by atoms with Crippen LogP contribution in [0.3, 0.4) is 0 Å². The minimum Gasteiger partial charge on any atom is -0.456 e. The van der Waals surface area contributed by atoms with Crippen LogP contribution in [0.2, 0.25) is 0 Å². The van der Waals surface area contributed by atoms with E-state index in [0.29, 0.717) is 56.9 Å². The van der Waals surface area contributed by atoms with Crippen LogP contribution in [-0.4, -0.2) is 126 Å². The molecule has 322 valence electrons. The van der Waals surface area contributed by atoms with Crippen molar-refractivity contribution in [2.45, 2.75) is 160 Å². The highest BCUT2D eigenvalue weighted by Gasteiger charge is 2.56. The second-order valence-corrected chi connectivity index (χ2v) is 17.3. The number of hydrogen-bond acceptors (Lipinski definition) is 12. The van der Waals surface area contributed by atoms with Gasteiger partial charge in [0.05, 0.1) is 30.5 Å². The van der Waals surface area contributed by atoms with Crippen LogP contribution in [-0.2, 0) is 42.9 Å². The summed E-state index contributed by atoms with van der Waals surface area (Å²) in [4.78, 5) is 57.8. The summed E-state index contributed by atoms with van der Waals surface area (Å²) in [7, 11) is 4.61. The number of nitrogens with zero attached hydrogens (tertiary/aromatic N) is 1. The number of carbonyl (C=O) groups excluding carboxylic acids is 4. The van der Waals surface area contributed by atoms with Crippen LogP contribution in [0.1, 0.15) is 105 Å². The van der Waals surface area contributed by atoms with E-state index < -0.39 is 83.9 Å². The number of amides is 1. The molecular formula is C44H69NO12. The molecule has 3 heterocycles. The van der Waals surface area contributed by atoms with Crippen LogP contribution in [0.15, 0.2) is 36.0 Å². The van der Waals surface area contributed by atoms with E-state index >= 15 is 0 Å². The Morgan fingerprint density at radius 3 is 2.25 bits per heavy atom. The Kier molecular flexibility index (Phi) is 17.2. The van der Waals surface area contributed by atoms with Crippen LogP contribution < -0.4 is 0 Å². The van der Waals surface area contributed by atoms with Gasteiger partial charge in [-0.3, -0.25) is 14.4 Å². The minimum absolute atomic E-state index is 0.00988. The summed E-state index contributed by atoms with van der Waals surface area (Å²) in [6.45, 7) is 13.1. The number of Topliss-reactive ketones (excluding diaryl/α,β-unsaturated/α-hetero) is 2. The fraction of sp³-hybridized carbons (Fsp3) is 0.773. The summed E-state index contributed by atoms with van der Waals surface area (Å²) in [5.41, 5.74) is 1.61. The average Bonchev–Trinajstić information content (AvgIpc) is 3.18. The molecule has 0 aromatic heterocycles. The van der Waals surface area contributed by atoms with Crippen molar-refractivity contribution in [3.8, 4) is 0 Å². The van der Waals surface area contributed by atoms with Crippen molar-refractivity contribution in [1.82, 2.24) is 4.90 Å². The van der Waals surface area contributed by atoms with Crippen molar-refractivity contribution >= 4 is 23.4 Å². The monoisotopic (exact) mass is 803 g/mol. The minimum atomic E-state index is -2.51. The first-order valence-electron chi connectivity index (χ1n) is 20.9. The molecule has 1 amide bonds. The summed E-state index contributed by atoms with van der Waals surface area (Å²) in [5.74, 6) is -7.76. The number of cyclic esters (lactones) is 1. The molecule has 14 atom stereocenters. The smallest absolute Gasteiger partial charge is 0.329 e. The van der Waals surface area contributed by atoms with Gasteiger partial charge in [-0.25, -0.2) is 4.79 Å². The highest BCUT2D eigenvalue weighted by atomic mass is 16.7. The molecule has 57 heavy (non-hydrogen) atoms. The quantitative estimate of drug-likeness (QED) is 0.185. The van der Waals surface area contributed by atoms with Gasteiger partial charge in [0, 0.05) is 52.0 Å². The zero-order chi connectivity index (χ0) is 42.2. The third kappa shape index (κ3) is 11.3. The molecule has 0 unspecified atom stereocenters. The van der Waals surface area contributed by atoms with E-state index in [0.717, 1.165) is 5.57 Å². The number of aliphatic hydroxyl groups excluding tert-OH is 2. The van der Waals surface area contributed by atoms with Gasteiger partial charge < -0.3 is 43.9 Å². The van der Waals surface area contributed by atoms with Crippen LogP contribution in [0.5, 0.6) is 0 Å². The van der Waals surface area contributed by atoms with Gasteiger partial charge in [0.25, 0.3) is 11.7 Å². The van der Waals surface area contributed by atoms with E-state index in [1.165, 1.54) is 19.1 Å². The van der Waals surface area contributed by atoms with Crippen molar-refractivity contribution < 1.29 is 58.2 Å². The molecule has 1 aliphatic carbocycles. The molecule has 3 fully saturated rings. The average molecular weight is 804 g/mol. The summed E-state index contributed by atoms with van der Waals surface area (Å²) < 4.78 is 29.7. The molecule has 0 aromatic rings. The standard InChI is InChI=1S/C44H69NO12/c1-10-13-31-19-25(2)18-26(3)20-37(54-8)40-38(55-9)22-28(5)44(52,57-40)41(49)42(50)45-17-12-11-14-32(45)43(51)56-39(29(6)34(47)24-35(31)48)27(4)21-30-15-16-33(46)36(23-30)53-7/h10,19,21,26,28-34,36-40,46-47,52H,1,11-18,20,22-24H2,2-9H3/b25-19+,27-21+/t26-,28+,29+,30-,31+,32-,33+,34-,36+,37-,38-,39+,40+,44-/m0/s1. The van der Waals surface area contributed by atoms with E-state index in [9.17, 15) is 34.5 Å². The summed E-state index contributed by atoms with van der Waals surface area (Å²) >= 11 is 0. The van der Waals surface area contributed by atoms with Crippen molar-refractivity contribution in [3.63, 3.8) is 0 Å². The molecule has 13 heteroatoms. The fourth-order valence-corrected chi connectivity index (χ4v) is 9.42. The number of hydrogen-bond donors (Lipinski definition) is 3. The third-order valence-corrected chi connectivity index (χ3v) is 12.9. The van der Waals surface area contributed by atoms with Crippen LogP contribution in [0.25, 0.3) is 0 Å². The maximum Gasteiger partial charge on any atom is 0.329 e. The molecule has 4 aliphatic rings. The maximum atomic E-state index is 14.3. The number of esters is 1. The molecule has 3 N–H and O–H groups in total. The number of ether oxygens (including phenoxy) is 5. The van der Waals surface area contributed by atoms with Crippen molar-refractivity contribution in [2.75, 3.05) is 27.9 Å². The predicted octanol–water partition coefficient (Wildman–Crippen LogP) is 4.64. The van der Waals surface area contributed by atoms with E-state index in [1.54, 1.807) is 27.0 Å². The lowest BCUT2D eigenvalue weighted by Gasteiger charge is -2.47. The molecule has 0 aromatic carbocycles. The molecule has 3 aliphatic heterocycles. The first-order valence-corrected chi connectivity index (χ1v) is 20.9. The Morgan fingerprint density at radius 2 is 1.60 bits per heavy atom. The second kappa shape index (κ2) is 21.0. The van der Waals surface area contributed by atoms with Gasteiger partial charge in [-0.2, -0.15) is 0 Å². The lowest BCUT2D eigenvalue weighted by atomic mass is 9.81. The molecule has 4 rings (SSSR count). The van der Waals surface area contributed by atoms with Crippen LogP contribution in [0.4, 0.5) is 0 Å². The number of fused-ring (bicyclic) bond motifs is 3. The highest BCUT2D eigenvalue weighted by Crippen LogP contribution is 2.39. The number of aliphatic hydroxyl groups is 3. The van der Waals surface area contributed by atoms with E-state index in [-0.39, 0.29) is 49.5 Å². The molecule has 0 spiro atoms. The molecule has 1 saturated carbocycles. The van der Waals surface area contributed by atoms with Crippen molar-refractivity contribution in [3.05, 3.63) is 36.0 Å². The Labute approximate surface area is 339 Å². The highest BCUT2D eigenvalue weighted by molar-refractivity contribution is 6.39. The van der Waals surface area contributed by atoms with E-state index in [2.05, 4.69) is 6.58 Å². The molecule has 2 bridgehead atoms. The largest absolute Gasteiger partial charge is 0.456 e. The third-order valence-electron chi connectivity index (χ3n) is 12.9. The number of methoxy groups -OCH3 is 3. The fourth-order valence-electron chi connectivity index (χ4n) is 9.42. The van der Waals surface area contributed by atoms with Gasteiger partial charge in [-0.05, 0) is 95.5 Å². The van der Waals surface area contributed by atoms with Gasteiger partial charge in [-0.15, -0.1) is 6.58 Å². The molecule has 0 radical (unpaired) electrons. The first-order chi connectivity index (χ1) is 27.0. The number of piperidine rings is 1. The van der Waals surface area contributed by atoms with Gasteiger partial charge in [0.15, 0.2) is 0 Å². The number of carbonyl (C=O) groups is 4. The van der Waals surface area contributed by atoms with E-state index in [4.69, 9.17) is 23.7 Å². The number of ketones is 2. The van der Waals surface area contributed by atoms with Crippen molar-refractivity contribution in [2.24, 2.45) is 29.6 Å². The summed E-state index contributed by atoms with van der Waals surface area (Å²) in [6, 6.07) is -1.14. The molecule has 13 nitrogen and oxygen atoms in total. The van der Waals surface area contributed by atoms with Gasteiger partial charge in [0.2, 0.25) is 5.79 Å². The van der Waals surface area contributed by atoms with Crippen LogP contribution in [0, 0.1) is 29.6 Å².